The van der Waals surface area contributed by atoms with Crippen molar-refractivity contribution in [3.8, 4) is 0 Å². The van der Waals surface area contributed by atoms with Gasteiger partial charge >= 0.3 is 0 Å². The van der Waals surface area contributed by atoms with Gasteiger partial charge in [0.25, 0.3) is 5.91 Å². The molecule has 7 nitrogen and oxygen atoms in total. The molecule has 1 aromatic heterocycles. The van der Waals surface area contributed by atoms with E-state index in [0.29, 0.717) is 11.7 Å². The normalized spacial score (nSPS) is 24.9. The fraction of sp³-hybridized carbons (Fsp3) is 0.786. The average Bonchev–Trinajstić information content (AvgIpc) is 3.20. The molecule has 2 aliphatic heterocycles. The summed E-state index contributed by atoms with van der Waals surface area (Å²) in [5.41, 5.74) is 0.387. The van der Waals surface area contributed by atoms with Crippen LogP contribution >= 0.6 is 0 Å². The Morgan fingerprint density at radius 2 is 2.29 bits per heavy atom. The third kappa shape index (κ3) is 3.41. The van der Waals surface area contributed by atoms with Gasteiger partial charge in [0.1, 0.15) is 0 Å². The van der Waals surface area contributed by atoms with Crippen LogP contribution in [0.25, 0.3) is 0 Å². The summed E-state index contributed by atoms with van der Waals surface area (Å²) in [6, 6.07) is 0.347. The molecule has 2 N–H and O–H groups in total. The van der Waals surface area contributed by atoms with Crippen LogP contribution in [0.3, 0.4) is 0 Å². The molecule has 2 saturated heterocycles. The summed E-state index contributed by atoms with van der Waals surface area (Å²) in [5.74, 6) is -0.168. The van der Waals surface area contributed by atoms with Gasteiger partial charge in [0.05, 0.1) is 24.4 Å². The summed E-state index contributed by atoms with van der Waals surface area (Å²) >= 11 is 0. The van der Waals surface area contributed by atoms with Crippen LogP contribution < -0.4 is 10.6 Å². The Labute approximate surface area is 124 Å². The van der Waals surface area contributed by atoms with Crippen LogP contribution in [0.15, 0.2) is 6.20 Å². The molecular weight excluding hydrogens is 270 g/mol. The van der Waals surface area contributed by atoms with E-state index in [4.69, 9.17) is 4.74 Å². The average molecular weight is 293 g/mol. The number of nitrogens with one attached hydrogen (secondary N) is 2. The van der Waals surface area contributed by atoms with E-state index in [-0.39, 0.29) is 18.1 Å². The quantitative estimate of drug-likeness (QED) is 0.845. The fourth-order valence-electron chi connectivity index (χ4n) is 3.00. The van der Waals surface area contributed by atoms with E-state index in [9.17, 15) is 4.79 Å². The van der Waals surface area contributed by atoms with E-state index in [1.54, 1.807) is 6.20 Å². The van der Waals surface area contributed by atoms with Crippen LogP contribution in [0.1, 0.15) is 49.1 Å². The van der Waals surface area contributed by atoms with E-state index in [2.05, 4.69) is 20.9 Å². The van der Waals surface area contributed by atoms with Crippen LogP contribution in [-0.2, 0) is 4.74 Å². The van der Waals surface area contributed by atoms with Gasteiger partial charge in [0.2, 0.25) is 0 Å². The summed E-state index contributed by atoms with van der Waals surface area (Å²) in [6.07, 6.45) is 5.99. The molecule has 2 unspecified atom stereocenters. The first-order chi connectivity index (χ1) is 10.2. The Hall–Kier alpha value is -1.47. The van der Waals surface area contributed by atoms with Crippen LogP contribution in [-0.4, -0.2) is 52.7 Å². The Morgan fingerprint density at radius 1 is 1.48 bits per heavy atom. The molecule has 0 spiro atoms. The zero-order chi connectivity index (χ0) is 14.7. The molecule has 7 heteroatoms. The lowest BCUT2D eigenvalue weighted by atomic mass is 10.1. The summed E-state index contributed by atoms with van der Waals surface area (Å²) in [4.78, 5) is 12.2. The zero-order valence-corrected chi connectivity index (χ0v) is 12.4. The summed E-state index contributed by atoms with van der Waals surface area (Å²) in [7, 11) is 0. The first-order valence-electron chi connectivity index (χ1n) is 7.79. The summed E-state index contributed by atoms with van der Waals surface area (Å²) in [6.45, 7) is 4.74. The molecule has 2 atom stereocenters. The Bertz CT molecular complexity index is 477. The van der Waals surface area contributed by atoms with Crippen molar-refractivity contribution in [2.45, 2.75) is 50.8 Å². The second-order valence-corrected chi connectivity index (χ2v) is 5.88. The highest BCUT2D eigenvalue weighted by atomic mass is 16.5. The van der Waals surface area contributed by atoms with E-state index < -0.39 is 0 Å². The molecule has 0 aromatic carbocycles. The summed E-state index contributed by atoms with van der Waals surface area (Å²) in [5, 5.41) is 14.4. The van der Waals surface area contributed by atoms with Crippen molar-refractivity contribution in [2.24, 2.45) is 0 Å². The number of ether oxygens (including phenoxy) is 1. The molecular formula is C14H23N5O2. The number of hydrogen-bond donors (Lipinski definition) is 2. The summed E-state index contributed by atoms with van der Waals surface area (Å²) < 4.78 is 7.41. The minimum absolute atomic E-state index is 0.00373. The number of hydrogen-bond acceptors (Lipinski definition) is 5. The van der Waals surface area contributed by atoms with Gasteiger partial charge in [-0.05, 0) is 45.7 Å². The maximum atomic E-state index is 12.2. The highest BCUT2D eigenvalue weighted by Crippen LogP contribution is 2.18. The second kappa shape index (κ2) is 6.53. The smallest absolute Gasteiger partial charge is 0.273 e. The van der Waals surface area contributed by atoms with Gasteiger partial charge in [-0.2, -0.15) is 0 Å². The number of amides is 1. The van der Waals surface area contributed by atoms with Crippen LogP contribution in [0.2, 0.25) is 0 Å². The van der Waals surface area contributed by atoms with Gasteiger partial charge in [0.15, 0.2) is 5.69 Å². The molecule has 2 aliphatic rings. The van der Waals surface area contributed by atoms with Crippen molar-refractivity contribution in [2.75, 3.05) is 19.7 Å². The van der Waals surface area contributed by atoms with Crippen molar-refractivity contribution >= 4 is 5.91 Å². The number of carbonyl (C=O) groups excluding carboxylic acids is 1. The SMILES string of the molecule is CC(NC(=O)c1cn(C2CCNCC2)nn1)C1CCCO1. The van der Waals surface area contributed by atoms with Gasteiger partial charge in [-0.3, -0.25) is 4.79 Å². The number of carbonyl (C=O) groups is 1. The Balaban J connectivity index is 1.58. The van der Waals surface area contributed by atoms with Gasteiger partial charge in [-0.25, -0.2) is 4.68 Å². The zero-order valence-electron chi connectivity index (χ0n) is 12.4. The molecule has 0 radical (unpaired) electrons. The fourth-order valence-corrected chi connectivity index (χ4v) is 3.00. The van der Waals surface area contributed by atoms with Gasteiger partial charge in [-0.1, -0.05) is 5.21 Å². The van der Waals surface area contributed by atoms with Crippen LogP contribution in [0, 0.1) is 0 Å². The van der Waals surface area contributed by atoms with E-state index in [1.807, 2.05) is 11.6 Å². The number of nitrogens with zero attached hydrogens (tertiary/aromatic N) is 3. The highest BCUT2D eigenvalue weighted by Gasteiger charge is 2.25. The van der Waals surface area contributed by atoms with E-state index in [0.717, 1.165) is 45.4 Å². The predicted molar refractivity (Wildman–Crippen MR) is 77.1 cm³/mol. The number of aromatic nitrogens is 3. The first-order valence-corrected chi connectivity index (χ1v) is 7.79. The van der Waals surface area contributed by atoms with E-state index >= 15 is 0 Å². The molecule has 3 heterocycles. The molecule has 21 heavy (non-hydrogen) atoms. The minimum atomic E-state index is -0.168. The Morgan fingerprint density at radius 3 is 3.00 bits per heavy atom. The van der Waals surface area contributed by atoms with Crippen molar-refractivity contribution in [1.29, 1.82) is 0 Å². The third-order valence-corrected chi connectivity index (χ3v) is 4.31. The van der Waals surface area contributed by atoms with Gasteiger partial charge in [0, 0.05) is 6.61 Å². The number of piperidine rings is 1. The maximum Gasteiger partial charge on any atom is 0.273 e. The van der Waals surface area contributed by atoms with Crippen molar-refractivity contribution in [3.63, 3.8) is 0 Å². The lowest BCUT2D eigenvalue weighted by Gasteiger charge is -2.22. The molecule has 1 amide bonds. The second-order valence-electron chi connectivity index (χ2n) is 5.88. The molecule has 3 rings (SSSR count). The molecule has 0 aliphatic carbocycles. The first kappa shape index (κ1) is 14.5. The van der Waals surface area contributed by atoms with Gasteiger partial charge in [-0.15, -0.1) is 5.10 Å². The minimum Gasteiger partial charge on any atom is -0.376 e. The lowest BCUT2D eigenvalue weighted by molar-refractivity contribution is 0.0709. The van der Waals surface area contributed by atoms with Crippen LogP contribution in [0.5, 0.6) is 0 Å². The third-order valence-electron chi connectivity index (χ3n) is 4.31. The molecule has 0 saturated carbocycles. The molecule has 1 aromatic rings. The predicted octanol–water partition coefficient (Wildman–Crippen LogP) is 0.500. The molecule has 0 bridgehead atoms. The van der Waals surface area contributed by atoms with E-state index in [1.165, 1.54) is 0 Å². The molecule has 2 fully saturated rings. The lowest BCUT2D eigenvalue weighted by Crippen LogP contribution is -2.41. The monoisotopic (exact) mass is 293 g/mol. The Kier molecular flexibility index (Phi) is 4.50. The van der Waals surface area contributed by atoms with Crippen molar-refractivity contribution in [1.82, 2.24) is 25.6 Å². The molecule has 116 valence electrons. The highest BCUT2D eigenvalue weighted by molar-refractivity contribution is 5.92. The standard InChI is InChI=1S/C14H23N5O2/c1-10(13-3-2-8-21-13)16-14(20)12-9-19(18-17-12)11-4-6-15-7-5-11/h9-11,13,15H,2-8H2,1H3,(H,16,20). The van der Waals surface area contributed by atoms with Crippen LogP contribution in [0.4, 0.5) is 0 Å². The maximum absolute atomic E-state index is 12.2. The topological polar surface area (TPSA) is 81.1 Å². The van der Waals surface area contributed by atoms with Crippen molar-refractivity contribution in [3.05, 3.63) is 11.9 Å². The largest absolute Gasteiger partial charge is 0.376 e. The van der Waals surface area contributed by atoms with Crippen molar-refractivity contribution < 1.29 is 9.53 Å². The number of rotatable bonds is 4. The van der Waals surface area contributed by atoms with Gasteiger partial charge < -0.3 is 15.4 Å².